The number of nitriles is 1. The smallest absolute Gasteiger partial charge is 0.475 e. The van der Waals surface area contributed by atoms with Gasteiger partial charge in [0.05, 0.1) is 30.9 Å². The van der Waals surface area contributed by atoms with Gasteiger partial charge in [-0.2, -0.15) is 23.5 Å². The average molecular weight is 501 g/mol. The van der Waals surface area contributed by atoms with Crippen LogP contribution in [0.5, 0.6) is 0 Å². The van der Waals surface area contributed by atoms with Crippen LogP contribution in [0.25, 0.3) is 11.0 Å². The molecule has 13 heteroatoms. The second kappa shape index (κ2) is 11.4. The van der Waals surface area contributed by atoms with Gasteiger partial charge in [-0.1, -0.05) is 18.1 Å². The van der Waals surface area contributed by atoms with Gasteiger partial charge in [-0.05, 0) is 24.6 Å². The van der Waals surface area contributed by atoms with Crippen molar-refractivity contribution in [1.82, 2.24) is 24.6 Å². The number of anilines is 1. The molecular formula is C23H22F3N7O3. The Hall–Kier alpha value is -4.36. The van der Waals surface area contributed by atoms with E-state index >= 15 is 0 Å². The third-order valence-corrected chi connectivity index (χ3v) is 5.20. The van der Waals surface area contributed by atoms with Crippen LogP contribution >= 0.6 is 0 Å². The first-order valence-corrected chi connectivity index (χ1v) is 10.8. The molecule has 2 aromatic heterocycles. The van der Waals surface area contributed by atoms with Crippen LogP contribution in [-0.2, 0) is 17.9 Å². The molecule has 0 amide bonds. The van der Waals surface area contributed by atoms with Crippen molar-refractivity contribution in [2.75, 3.05) is 31.1 Å². The molecular weight excluding hydrogens is 479 g/mol. The van der Waals surface area contributed by atoms with E-state index in [9.17, 15) is 18.0 Å². The fourth-order valence-corrected chi connectivity index (χ4v) is 3.46. The summed E-state index contributed by atoms with van der Waals surface area (Å²) in [6.45, 7) is 5.93. The Morgan fingerprint density at radius 1 is 1.22 bits per heavy atom. The van der Waals surface area contributed by atoms with Gasteiger partial charge in [0.25, 0.3) is 5.56 Å². The number of alkyl halides is 3. The molecule has 1 aliphatic rings. The number of nitrogens with zero attached hydrogens (tertiary/aromatic N) is 6. The quantitative estimate of drug-likeness (QED) is 0.516. The van der Waals surface area contributed by atoms with Gasteiger partial charge >= 0.3 is 12.1 Å². The van der Waals surface area contributed by atoms with Gasteiger partial charge in [-0.15, -0.1) is 5.92 Å². The zero-order valence-electron chi connectivity index (χ0n) is 19.2. The van der Waals surface area contributed by atoms with Gasteiger partial charge in [-0.3, -0.25) is 9.36 Å². The van der Waals surface area contributed by atoms with Crippen LogP contribution in [0.4, 0.5) is 19.1 Å². The molecule has 1 aromatic carbocycles. The van der Waals surface area contributed by atoms with E-state index in [0.29, 0.717) is 29.7 Å². The number of hydrogen-bond donors (Lipinski definition) is 2. The van der Waals surface area contributed by atoms with Crippen LogP contribution in [0.1, 0.15) is 18.1 Å². The summed E-state index contributed by atoms with van der Waals surface area (Å²) >= 11 is 0. The lowest BCUT2D eigenvalue weighted by atomic mass is 10.1. The largest absolute Gasteiger partial charge is 0.490 e. The summed E-state index contributed by atoms with van der Waals surface area (Å²) in [6, 6.07) is 9.25. The van der Waals surface area contributed by atoms with E-state index in [0.717, 1.165) is 37.7 Å². The molecule has 0 saturated carbocycles. The van der Waals surface area contributed by atoms with Gasteiger partial charge in [0, 0.05) is 26.2 Å². The summed E-state index contributed by atoms with van der Waals surface area (Å²) < 4.78 is 35.1. The van der Waals surface area contributed by atoms with Crippen molar-refractivity contribution >= 4 is 23.0 Å². The van der Waals surface area contributed by atoms with Crippen LogP contribution in [-0.4, -0.2) is 62.8 Å². The monoisotopic (exact) mass is 501 g/mol. The average Bonchev–Trinajstić information content (AvgIpc) is 3.24. The van der Waals surface area contributed by atoms with Crippen molar-refractivity contribution in [3.63, 3.8) is 0 Å². The standard InChI is InChI=1S/C21H21N7O.C2HF3O2/c1-2-3-10-27-19-18(25-21(27)26-11-8-23-9-12-26)14-24-28(20(19)29)15-17-6-4-16(13-22)5-7-17;3-2(4,5)1(6)7/h4-7,14,23H,8-12,15H2,1H3;(H,6,7). The maximum absolute atomic E-state index is 13.2. The molecule has 0 unspecified atom stereocenters. The lowest BCUT2D eigenvalue weighted by Crippen LogP contribution is -2.44. The van der Waals surface area contributed by atoms with E-state index in [1.165, 1.54) is 4.68 Å². The highest BCUT2D eigenvalue weighted by atomic mass is 19.4. The normalized spacial score (nSPS) is 13.2. The summed E-state index contributed by atoms with van der Waals surface area (Å²) in [6.07, 6.45) is -3.44. The summed E-state index contributed by atoms with van der Waals surface area (Å²) in [5, 5.41) is 23.7. The zero-order valence-corrected chi connectivity index (χ0v) is 19.2. The summed E-state index contributed by atoms with van der Waals surface area (Å²) in [4.78, 5) is 29.0. The van der Waals surface area contributed by atoms with Gasteiger partial charge < -0.3 is 15.3 Å². The topological polar surface area (TPSA) is 129 Å². The van der Waals surface area contributed by atoms with Gasteiger partial charge in [0.2, 0.25) is 5.95 Å². The van der Waals surface area contributed by atoms with Crippen molar-refractivity contribution in [2.24, 2.45) is 0 Å². The van der Waals surface area contributed by atoms with E-state index in [1.807, 2.05) is 16.7 Å². The van der Waals surface area contributed by atoms with Crippen molar-refractivity contribution in [3.05, 3.63) is 51.9 Å². The van der Waals surface area contributed by atoms with E-state index in [-0.39, 0.29) is 5.56 Å². The first-order valence-electron chi connectivity index (χ1n) is 10.8. The Bertz CT molecular complexity index is 1390. The second-order valence-corrected chi connectivity index (χ2v) is 7.61. The Kier molecular flexibility index (Phi) is 8.30. The number of halogens is 3. The molecule has 3 aromatic rings. The molecule has 10 nitrogen and oxygen atoms in total. The summed E-state index contributed by atoms with van der Waals surface area (Å²) in [5.74, 6) is 3.97. The van der Waals surface area contributed by atoms with Crippen LogP contribution in [0.2, 0.25) is 0 Å². The Balaban J connectivity index is 0.000000454. The number of carboxylic acids is 1. The SMILES string of the molecule is CC#CCn1c(N2CCNCC2)nc2cnn(Cc3ccc(C#N)cc3)c(=O)c21.O=C(O)C(F)(F)F. The first-order chi connectivity index (χ1) is 17.2. The summed E-state index contributed by atoms with van der Waals surface area (Å²) in [7, 11) is 0. The molecule has 1 saturated heterocycles. The maximum atomic E-state index is 13.2. The van der Waals surface area contributed by atoms with Gasteiger partial charge in [0.1, 0.15) is 11.0 Å². The van der Waals surface area contributed by atoms with E-state index < -0.39 is 12.1 Å². The number of hydrogen-bond acceptors (Lipinski definition) is 7. The molecule has 2 N–H and O–H groups in total. The summed E-state index contributed by atoms with van der Waals surface area (Å²) in [5.41, 5.74) is 2.39. The lowest BCUT2D eigenvalue weighted by molar-refractivity contribution is -0.192. The van der Waals surface area contributed by atoms with Crippen LogP contribution < -0.4 is 15.8 Å². The third kappa shape index (κ3) is 6.20. The number of piperazine rings is 1. The molecule has 0 spiro atoms. The number of rotatable bonds is 4. The molecule has 1 aliphatic heterocycles. The fourth-order valence-electron chi connectivity index (χ4n) is 3.46. The van der Waals surface area contributed by atoms with Crippen LogP contribution in [0.3, 0.4) is 0 Å². The molecule has 188 valence electrons. The van der Waals surface area contributed by atoms with Gasteiger partial charge in [0.15, 0.2) is 0 Å². The number of fused-ring (bicyclic) bond motifs is 1. The maximum Gasteiger partial charge on any atom is 0.490 e. The minimum Gasteiger partial charge on any atom is -0.475 e. The van der Waals surface area contributed by atoms with E-state index in [2.05, 4.69) is 33.2 Å². The van der Waals surface area contributed by atoms with Crippen LogP contribution in [0, 0.1) is 23.2 Å². The van der Waals surface area contributed by atoms with Crippen molar-refractivity contribution in [2.45, 2.75) is 26.2 Å². The predicted molar refractivity (Wildman–Crippen MR) is 124 cm³/mol. The van der Waals surface area contributed by atoms with E-state index in [4.69, 9.17) is 20.1 Å². The number of aliphatic carboxylic acids is 1. The van der Waals surface area contributed by atoms with Crippen molar-refractivity contribution in [3.8, 4) is 17.9 Å². The molecule has 36 heavy (non-hydrogen) atoms. The number of aromatic nitrogens is 4. The first kappa shape index (κ1) is 26.2. The molecule has 0 aliphatic carbocycles. The lowest BCUT2D eigenvalue weighted by Gasteiger charge is -2.28. The highest BCUT2D eigenvalue weighted by Crippen LogP contribution is 2.20. The Morgan fingerprint density at radius 2 is 1.86 bits per heavy atom. The van der Waals surface area contributed by atoms with E-state index in [1.54, 1.807) is 25.3 Å². The number of benzene rings is 1. The molecule has 1 fully saturated rings. The third-order valence-electron chi connectivity index (χ3n) is 5.20. The fraction of sp³-hybridized carbons (Fsp3) is 0.348. The number of imidazole rings is 1. The predicted octanol–water partition coefficient (Wildman–Crippen LogP) is 1.58. The zero-order chi connectivity index (χ0) is 26.3. The second-order valence-electron chi connectivity index (χ2n) is 7.61. The Morgan fingerprint density at radius 3 is 2.42 bits per heavy atom. The highest BCUT2D eigenvalue weighted by Gasteiger charge is 2.38. The van der Waals surface area contributed by atoms with Crippen molar-refractivity contribution < 1.29 is 23.1 Å². The minimum atomic E-state index is -5.08. The molecule has 3 heterocycles. The number of nitrogens with one attached hydrogen (secondary N) is 1. The van der Waals surface area contributed by atoms with Crippen molar-refractivity contribution in [1.29, 1.82) is 5.26 Å². The molecule has 0 bridgehead atoms. The van der Waals surface area contributed by atoms with Gasteiger partial charge in [-0.25, -0.2) is 14.5 Å². The molecule has 4 rings (SSSR count). The Labute approximate surface area is 203 Å². The molecule has 0 radical (unpaired) electrons. The highest BCUT2D eigenvalue weighted by molar-refractivity contribution is 5.77. The minimum absolute atomic E-state index is 0.196. The number of carboxylic acid groups (broad SMARTS) is 1. The molecule has 0 atom stereocenters. The number of carbonyl (C=O) groups is 1. The van der Waals surface area contributed by atoms with Crippen LogP contribution in [0.15, 0.2) is 35.3 Å².